The van der Waals surface area contributed by atoms with Gasteiger partial charge in [-0.05, 0) is 39.2 Å². The minimum Gasteiger partial charge on any atom is -0.508 e. The highest BCUT2D eigenvalue weighted by Gasteiger charge is 2.15. The van der Waals surface area contributed by atoms with Crippen molar-refractivity contribution in [3.63, 3.8) is 0 Å². The molecule has 17 heavy (non-hydrogen) atoms. The second kappa shape index (κ2) is 5.54. The lowest BCUT2D eigenvalue weighted by Crippen LogP contribution is -2.28. The Balaban J connectivity index is 2.73. The van der Waals surface area contributed by atoms with Gasteiger partial charge in [0, 0.05) is 12.2 Å². The Kier molecular flexibility index (Phi) is 4.34. The molecule has 0 aliphatic heterocycles. The summed E-state index contributed by atoms with van der Waals surface area (Å²) in [4.78, 5) is 13.7. The molecule has 0 saturated heterocycles. The van der Waals surface area contributed by atoms with Gasteiger partial charge in [-0.2, -0.15) is 0 Å². The van der Waals surface area contributed by atoms with Crippen LogP contribution in [0.25, 0.3) is 0 Å². The van der Waals surface area contributed by atoms with E-state index in [1.54, 1.807) is 6.92 Å². The Bertz CT molecular complexity index is 405. The number of phenols is 1. The van der Waals surface area contributed by atoms with E-state index in [4.69, 9.17) is 10.5 Å². The number of hydrogen-bond donors (Lipinski definition) is 2. The van der Waals surface area contributed by atoms with E-state index >= 15 is 0 Å². The molecule has 0 fully saturated rings. The van der Waals surface area contributed by atoms with E-state index in [-0.39, 0.29) is 17.4 Å². The number of carbonyl (C=O) groups is 1. The van der Waals surface area contributed by atoms with Crippen molar-refractivity contribution >= 4 is 11.7 Å². The van der Waals surface area contributed by atoms with Gasteiger partial charge in [-0.15, -0.1) is 0 Å². The van der Waals surface area contributed by atoms with Crippen LogP contribution in [-0.2, 0) is 4.74 Å². The van der Waals surface area contributed by atoms with Crippen molar-refractivity contribution in [2.45, 2.75) is 13.0 Å². The molecule has 0 bridgehead atoms. The second-order valence-electron chi connectivity index (χ2n) is 4.25. The van der Waals surface area contributed by atoms with Gasteiger partial charge in [-0.3, -0.25) is 0 Å². The van der Waals surface area contributed by atoms with Crippen LogP contribution in [0.15, 0.2) is 18.2 Å². The molecule has 5 heteroatoms. The number of nitrogen functional groups attached to an aromatic ring is 1. The largest absolute Gasteiger partial charge is 0.508 e. The van der Waals surface area contributed by atoms with Crippen molar-refractivity contribution < 1.29 is 14.6 Å². The second-order valence-corrected chi connectivity index (χ2v) is 4.25. The monoisotopic (exact) mass is 238 g/mol. The maximum Gasteiger partial charge on any atom is 0.340 e. The molecule has 0 aromatic heterocycles. The summed E-state index contributed by atoms with van der Waals surface area (Å²) in [7, 11) is 3.79. The van der Waals surface area contributed by atoms with Crippen molar-refractivity contribution in [1.29, 1.82) is 0 Å². The third-order valence-electron chi connectivity index (χ3n) is 2.19. The topological polar surface area (TPSA) is 75.8 Å². The number of aromatic hydroxyl groups is 1. The molecule has 1 aromatic rings. The van der Waals surface area contributed by atoms with Crippen molar-refractivity contribution in [2.75, 3.05) is 26.4 Å². The summed E-state index contributed by atoms with van der Waals surface area (Å²) in [6.07, 6.45) is -0.237. The fourth-order valence-electron chi connectivity index (χ4n) is 1.52. The molecule has 5 nitrogen and oxygen atoms in total. The zero-order chi connectivity index (χ0) is 13.0. The van der Waals surface area contributed by atoms with Crippen LogP contribution in [0.5, 0.6) is 5.75 Å². The number of rotatable bonds is 4. The Labute approximate surface area is 101 Å². The summed E-state index contributed by atoms with van der Waals surface area (Å²) >= 11 is 0. The van der Waals surface area contributed by atoms with Gasteiger partial charge >= 0.3 is 5.97 Å². The molecule has 1 aromatic carbocycles. The van der Waals surface area contributed by atoms with Crippen molar-refractivity contribution in [1.82, 2.24) is 4.90 Å². The van der Waals surface area contributed by atoms with Gasteiger partial charge in [0.2, 0.25) is 0 Å². The summed E-state index contributed by atoms with van der Waals surface area (Å²) in [6.45, 7) is 2.43. The van der Waals surface area contributed by atoms with Crippen LogP contribution in [0.4, 0.5) is 5.69 Å². The zero-order valence-corrected chi connectivity index (χ0v) is 10.3. The molecule has 0 spiro atoms. The number of nitrogens with zero attached hydrogens (tertiary/aromatic N) is 1. The number of likely N-dealkylation sites (N-methyl/N-ethyl adjacent to an activating group) is 1. The van der Waals surface area contributed by atoms with E-state index in [2.05, 4.69) is 0 Å². The van der Waals surface area contributed by atoms with Gasteiger partial charge in [0.15, 0.2) is 0 Å². The van der Waals surface area contributed by atoms with Crippen LogP contribution in [0.1, 0.15) is 17.3 Å². The molecule has 1 rings (SSSR count). The smallest absolute Gasteiger partial charge is 0.340 e. The van der Waals surface area contributed by atoms with Crippen LogP contribution in [-0.4, -0.2) is 42.7 Å². The average molecular weight is 238 g/mol. The number of anilines is 1. The van der Waals surface area contributed by atoms with Gasteiger partial charge in [0.25, 0.3) is 0 Å². The van der Waals surface area contributed by atoms with Gasteiger partial charge in [-0.25, -0.2) is 4.79 Å². The van der Waals surface area contributed by atoms with E-state index in [9.17, 15) is 9.90 Å². The van der Waals surface area contributed by atoms with Crippen molar-refractivity contribution in [3.8, 4) is 5.75 Å². The molecule has 0 saturated carbocycles. The highest BCUT2D eigenvalue weighted by molar-refractivity contribution is 5.95. The van der Waals surface area contributed by atoms with Crippen LogP contribution in [0.3, 0.4) is 0 Å². The number of esters is 1. The SMILES string of the molecule is CC(CN(C)C)OC(=O)c1cc(O)ccc1N. The molecule has 0 heterocycles. The number of phenolic OH excluding ortho intramolecular Hbond substituents is 1. The van der Waals surface area contributed by atoms with Crippen LogP contribution in [0.2, 0.25) is 0 Å². The fourth-order valence-corrected chi connectivity index (χ4v) is 1.52. The van der Waals surface area contributed by atoms with E-state index in [0.717, 1.165) is 0 Å². The van der Waals surface area contributed by atoms with Gasteiger partial charge in [0.05, 0.1) is 5.56 Å². The highest BCUT2D eigenvalue weighted by atomic mass is 16.5. The first kappa shape index (κ1) is 13.3. The lowest BCUT2D eigenvalue weighted by atomic mass is 10.1. The first-order chi connectivity index (χ1) is 7.90. The Morgan fingerprint density at radius 2 is 2.18 bits per heavy atom. The lowest BCUT2D eigenvalue weighted by molar-refractivity contribution is 0.0290. The van der Waals surface area contributed by atoms with Crippen molar-refractivity contribution in [3.05, 3.63) is 23.8 Å². The minimum atomic E-state index is -0.521. The minimum absolute atomic E-state index is 0.00795. The normalized spacial score (nSPS) is 12.5. The summed E-state index contributed by atoms with van der Waals surface area (Å²) < 4.78 is 5.21. The third kappa shape index (κ3) is 3.96. The number of ether oxygens (including phenoxy) is 1. The van der Waals surface area contributed by atoms with E-state index in [1.807, 2.05) is 19.0 Å². The van der Waals surface area contributed by atoms with E-state index in [1.165, 1.54) is 18.2 Å². The molecule has 0 aliphatic carbocycles. The Morgan fingerprint density at radius 3 is 2.76 bits per heavy atom. The van der Waals surface area contributed by atoms with Crippen LogP contribution in [0, 0.1) is 0 Å². The maximum atomic E-state index is 11.8. The summed E-state index contributed by atoms with van der Waals surface area (Å²) in [6, 6.07) is 4.21. The first-order valence-electron chi connectivity index (χ1n) is 5.34. The molecule has 1 unspecified atom stereocenters. The predicted octanol–water partition coefficient (Wildman–Crippen LogP) is 1.08. The standard InChI is InChI=1S/C12H18N2O3/c1-8(7-14(2)3)17-12(16)10-6-9(15)4-5-11(10)13/h4-6,8,15H,7,13H2,1-3H3. The molecule has 94 valence electrons. The summed E-state index contributed by atoms with van der Waals surface area (Å²) in [5, 5.41) is 9.29. The molecule has 3 N–H and O–H groups in total. The summed E-state index contributed by atoms with van der Waals surface area (Å²) in [5.74, 6) is -0.529. The van der Waals surface area contributed by atoms with Gasteiger partial charge in [0.1, 0.15) is 11.9 Å². The number of hydrogen-bond acceptors (Lipinski definition) is 5. The van der Waals surface area contributed by atoms with Crippen molar-refractivity contribution in [2.24, 2.45) is 0 Å². The highest BCUT2D eigenvalue weighted by Crippen LogP contribution is 2.19. The molecular formula is C12H18N2O3. The Morgan fingerprint density at radius 1 is 1.53 bits per heavy atom. The van der Waals surface area contributed by atoms with E-state index < -0.39 is 5.97 Å². The number of carbonyl (C=O) groups excluding carboxylic acids is 1. The quantitative estimate of drug-likeness (QED) is 0.466. The number of benzene rings is 1. The maximum absolute atomic E-state index is 11.8. The van der Waals surface area contributed by atoms with E-state index in [0.29, 0.717) is 12.2 Å². The lowest BCUT2D eigenvalue weighted by Gasteiger charge is -2.18. The molecular weight excluding hydrogens is 220 g/mol. The first-order valence-corrected chi connectivity index (χ1v) is 5.34. The van der Waals surface area contributed by atoms with Crippen LogP contribution < -0.4 is 5.73 Å². The third-order valence-corrected chi connectivity index (χ3v) is 2.19. The average Bonchev–Trinajstić information content (AvgIpc) is 2.20. The number of nitrogens with two attached hydrogens (primary N) is 1. The van der Waals surface area contributed by atoms with Crippen LogP contribution >= 0.6 is 0 Å². The molecule has 0 amide bonds. The molecule has 0 radical (unpaired) electrons. The zero-order valence-electron chi connectivity index (χ0n) is 10.3. The van der Waals surface area contributed by atoms with Gasteiger partial charge in [-0.1, -0.05) is 0 Å². The fraction of sp³-hybridized carbons (Fsp3) is 0.417. The molecule has 1 atom stereocenters. The molecule has 0 aliphatic rings. The van der Waals surface area contributed by atoms with Gasteiger partial charge < -0.3 is 20.5 Å². The predicted molar refractivity (Wildman–Crippen MR) is 66.0 cm³/mol. The Hall–Kier alpha value is -1.75. The summed E-state index contributed by atoms with van der Waals surface area (Å²) in [5.41, 5.74) is 6.13.